The van der Waals surface area contributed by atoms with E-state index in [-0.39, 0.29) is 24.0 Å². The minimum Gasteiger partial charge on any atom is -0.376 e. The Morgan fingerprint density at radius 1 is 1.62 bits per heavy atom. The maximum Gasteiger partial charge on any atom is 0.226 e. The van der Waals surface area contributed by atoms with Crippen molar-refractivity contribution in [2.75, 3.05) is 26.7 Å². The lowest BCUT2D eigenvalue weighted by Gasteiger charge is -2.29. The zero-order chi connectivity index (χ0) is 12.1. The predicted octanol–water partition coefficient (Wildman–Crippen LogP) is 0.868. The normalized spacial score (nSPS) is 26.8. The summed E-state index contributed by atoms with van der Waals surface area (Å²) in [4.78, 5) is 14.0. The maximum absolute atomic E-state index is 12.1. The molecule has 0 bridgehead atoms. The van der Waals surface area contributed by atoms with Gasteiger partial charge in [0.05, 0.1) is 12.1 Å². The number of ether oxygens (including phenoxy) is 1. The largest absolute Gasteiger partial charge is 0.376 e. The number of rotatable bonds is 5. The third-order valence-electron chi connectivity index (χ3n) is 3.30. The second-order valence-electron chi connectivity index (χ2n) is 4.59. The lowest BCUT2D eigenvalue weighted by molar-refractivity contribution is -0.136. The molecule has 0 aliphatic carbocycles. The molecule has 4 nitrogen and oxygen atoms in total. The molecule has 3 unspecified atom stereocenters. The second-order valence-corrected chi connectivity index (χ2v) is 4.59. The summed E-state index contributed by atoms with van der Waals surface area (Å²) in [5.74, 6) is 0.251. The quantitative estimate of drug-likeness (QED) is 0.759. The first-order valence-corrected chi connectivity index (χ1v) is 6.16. The standard InChI is InChI=1S/C12H24N2O2/c1-5-13-8-9(2)12(15)14(4)11-6-7-16-10(11)3/h9-11,13H,5-8H2,1-4H3. The number of likely N-dealkylation sites (N-methyl/N-ethyl adjacent to an activating group) is 1. The van der Waals surface area contributed by atoms with Gasteiger partial charge in [-0.1, -0.05) is 13.8 Å². The number of nitrogens with one attached hydrogen (secondary N) is 1. The van der Waals surface area contributed by atoms with Gasteiger partial charge in [0.1, 0.15) is 0 Å². The van der Waals surface area contributed by atoms with Crippen LogP contribution in [0.5, 0.6) is 0 Å². The fourth-order valence-corrected chi connectivity index (χ4v) is 2.19. The highest BCUT2D eigenvalue weighted by Gasteiger charge is 2.32. The highest BCUT2D eigenvalue weighted by molar-refractivity contribution is 5.78. The molecule has 1 saturated heterocycles. The van der Waals surface area contributed by atoms with Crippen LogP contribution >= 0.6 is 0 Å². The third kappa shape index (κ3) is 3.19. The molecular weight excluding hydrogens is 204 g/mol. The summed E-state index contributed by atoms with van der Waals surface area (Å²) in [5.41, 5.74) is 0. The Balaban J connectivity index is 2.45. The lowest BCUT2D eigenvalue weighted by Crippen LogP contribution is -2.45. The molecule has 94 valence electrons. The van der Waals surface area contributed by atoms with Crippen molar-refractivity contribution in [1.29, 1.82) is 0 Å². The van der Waals surface area contributed by atoms with Crippen molar-refractivity contribution in [3.63, 3.8) is 0 Å². The Morgan fingerprint density at radius 3 is 2.81 bits per heavy atom. The van der Waals surface area contributed by atoms with Gasteiger partial charge in [-0.2, -0.15) is 0 Å². The first-order valence-electron chi connectivity index (χ1n) is 6.16. The summed E-state index contributed by atoms with van der Waals surface area (Å²) >= 11 is 0. The summed E-state index contributed by atoms with van der Waals surface area (Å²) in [5, 5.41) is 3.21. The smallest absolute Gasteiger partial charge is 0.226 e. The van der Waals surface area contributed by atoms with E-state index in [9.17, 15) is 4.79 Å². The van der Waals surface area contributed by atoms with E-state index in [4.69, 9.17) is 4.74 Å². The van der Waals surface area contributed by atoms with E-state index in [0.29, 0.717) is 0 Å². The highest BCUT2D eigenvalue weighted by Crippen LogP contribution is 2.19. The van der Waals surface area contributed by atoms with Gasteiger partial charge in [-0.05, 0) is 19.9 Å². The average molecular weight is 228 g/mol. The van der Waals surface area contributed by atoms with Crippen molar-refractivity contribution in [2.24, 2.45) is 5.92 Å². The van der Waals surface area contributed by atoms with Gasteiger partial charge >= 0.3 is 0 Å². The summed E-state index contributed by atoms with van der Waals surface area (Å²) < 4.78 is 5.49. The molecule has 0 radical (unpaired) electrons. The fourth-order valence-electron chi connectivity index (χ4n) is 2.19. The van der Waals surface area contributed by atoms with Crippen molar-refractivity contribution in [2.45, 2.75) is 39.3 Å². The third-order valence-corrected chi connectivity index (χ3v) is 3.30. The molecule has 1 heterocycles. The summed E-state index contributed by atoms with van der Waals surface area (Å²) in [6.45, 7) is 8.49. The molecule has 0 spiro atoms. The van der Waals surface area contributed by atoms with Gasteiger partial charge in [-0.25, -0.2) is 0 Å². The Hall–Kier alpha value is -0.610. The number of amides is 1. The highest BCUT2D eigenvalue weighted by atomic mass is 16.5. The number of nitrogens with zero attached hydrogens (tertiary/aromatic N) is 1. The van der Waals surface area contributed by atoms with E-state index in [1.807, 2.05) is 32.7 Å². The molecule has 1 fully saturated rings. The topological polar surface area (TPSA) is 41.6 Å². The van der Waals surface area contributed by atoms with Crippen LogP contribution in [0.1, 0.15) is 27.2 Å². The van der Waals surface area contributed by atoms with E-state index in [1.54, 1.807) is 0 Å². The van der Waals surface area contributed by atoms with Crippen LogP contribution in [0.4, 0.5) is 0 Å². The van der Waals surface area contributed by atoms with Crippen LogP contribution in [0.15, 0.2) is 0 Å². The number of hydrogen-bond donors (Lipinski definition) is 1. The molecule has 0 saturated carbocycles. The zero-order valence-corrected chi connectivity index (χ0v) is 10.8. The van der Waals surface area contributed by atoms with Crippen LogP contribution in [0.25, 0.3) is 0 Å². The number of hydrogen-bond acceptors (Lipinski definition) is 3. The minimum absolute atomic E-state index is 0.0396. The van der Waals surface area contributed by atoms with E-state index >= 15 is 0 Å². The van der Waals surface area contributed by atoms with Crippen molar-refractivity contribution < 1.29 is 9.53 Å². The molecule has 1 amide bonds. The molecule has 0 aromatic carbocycles. The van der Waals surface area contributed by atoms with Gasteiger partial charge in [0.15, 0.2) is 0 Å². The van der Waals surface area contributed by atoms with Gasteiger partial charge in [0, 0.05) is 26.1 Å². The van der Waals surface area contributed by atoms with E-state index in [2.05, 4.69) is 5.32 Å². The predicted molar refractivity (Wildman–Crippen MR) is 64.3 cm³/mol. The van der Waals surface area contributed by atoms with Gasteiger partial charge in [0.2, 0.25) is 5.91 Å². The number of carbonyl (C=O) groups excluding carboxylic acids is 1. The Kier molecular flexibility index (Phi) is 5.22. The van der Waals surface area contributed by atoms with E-state index in [1.165, 1.54) is 0 Å². The molecule has 0 aromatic heterocycles. The molecule has 1 aliphatic heterocycles. The molecule has 3 atom stereocenters. The molecule has 1 N–H and O–H groups in total. The van der Waals surface area contributed by atoms with Crippen LogP contribution in [0.2, 0.25) is 0 Å². The van der Waals surface area contributed by atoms with Crippen LogP contribution in [0, 0.1) is 5.92 Å². The average Bonchev–Trinajstić information content (AvgIpc) is 2.70. The van der Waals surface area contributed by atoms with Crippen LogP contribution in [-0.2, 0) is 9.53 Å². The van der Waals surface area contributed by atoms with Crippen molar-refractivity contribution in [1.82, 2.24) is 10.2 Å². The van der Waals surface area contributed by atoms with Crippen molar-refractivity contribution in [3.8, 4) is 0 Å². The first-order chi connectivity index (χ1) is 7.57. The molecule has 4 heteroatoms. The zero-order valence-electron chi connectivity index (χ0n) is 10.8. The lowest BCUT2D eigenvalue weighted by atomic mass is 10.1. The van der Waals surface area contributed by atoms with Gasteiger partial charge in [0.25, 0.3) is 0 Å². The van der Waals surface area contributed by atoms with Crippen LogP contribution < -0.4 is 5.32 Å². The number of carbonyl (C=O) groups is 1. The van der Waals surface area contributed by atoms with Crippen molar-refractivity contribution in [3.05, 3.63) is 0 Å². The molecular formula is C12H24N2O2. The Labute approximate surface area is 98.3 Å². The second kappa shape index (κ2) is 6.21. The SMILES string of the molecule is CCNCC(C)C(=O)N(C)C1CCOC1C. The van der Waals surface area contributed by atoms with Crippen LogP contribution in [0.3, 0.4) is 0 Å². The molecule has 16 heavy (non-hydrogen) atoms. The summed E-state index contributed by atoms with van der Waals surface area (Å²) in [7, 11) is 1.89. The minimum atomic E-state index is 0.0396. The first kappa shape index (κ1) is 13.5. The van der Waals surface area contributed by atoms with Gasteiger partial charge in [-0.15, -0.1) is 0 Å². The molecule has 1 rings (SSSR count). The van der Waals surface area contributed by atoms with Crippen LogP contribution in [-0.4, -0.2) is 49.7 Å². The Bertz CT molecular complexity index is 233. The van der Waals surface area contributed by atoms with E-state index < -0.39 is 0 Å². The Morgan fingerprint density at radius 2 is 2.31 bits per heavy atom. The van der Waals surface area contributed by atoms with Crippen molar-refractivity contribution >= 4 is 5.91 Å². The molecule has 1 aliphatic rings. The summed E-state index contributed by atoms with van der Waals surface area (Å²) in [6, 6.07) is 0.247. The van der Waals surface area contributed by atoms with Gasteiger partial charge < -0.3 is 15.0 Å². The maximum atomic E-state index is 12.1. The fraction of sp³-hybridized carbons (Fsp3) is 0.917. The monoisotopic (exact) mass is 228 g/mol. The van der Waals surface area contributed by atoms with E-state index in [0.717, 1.165) is 26.1 Å². The molecule has 0 aromatic rings. The van der Waals surface area contributed by atoms with Gasteiger partial charge in [-0.3, -0.25) is 4.79 Å². The summed E-state index contributed by atoms with van der Waals surface area (Å²) in [6.07, 6.45) is 1.12.